The fourth-order valence-corrected chi connectivity index (χ4v) is 3.52. The van der Waals surface area contributed by atoms with Crippen molar-refractivity contribution in [3.63, 3.8) is 0 Å². The van der Waals surface area contributed by atoms with Crippen LogP contribution in [0.1, 0.15) is 44.5 Å². The highest BCUT2D eigenvalue weighted by atomic mass is 15.3. The zero-order valence-corrected chi connectivity index (χ0v) is 14.5. The first-order chi connectivity index (χ1) is 12.1. The van der Waals surface area contributed by atoms with Gasteiger partial charge in [-0.1, -0.05) is 0 Å². The number of nitrogens with zero attached hydrogens (tertiary/aromatic N) is 7. The van der Waals surface area contributed by atoms with Crippen molar-refractivity contribution in [1.82, 2.24) is 29.7 Å². The molecule has 0 aliphatic carbocycles. The molecule has 0 amide bonds. The second-order valence-corrected chi connectivity index (χ2v) is 6.78. The van der Waals surface area contributed by atoms with Crippen LogP contribution in [0.5, 0.6) is 0 Å². The molecule has 4 heterocycles. The van der Waals surface area contributed by atoms with Gasteiger partial charge in [0.25, 0.3) is 0 Å². The van der Waals surface area contributed by atoms with Gasteiger partial charge in [0.15, 0.2) is 5.65 Å². The third kappa shape index (κ3) is 2.88. The normalized spacial score (nSPS) is 18.2. The maximum absolute atomic E-state index is 5.78. The minimum Gasteiger partial charge on any atom is -0.384 e. The Morgan fingerprint density at radius 2 is 2.12 bits per heavy atom. The lowest BCUT2D eigenvalue weighted by Crippen LogP contribution is -2.36. The van der Waals surface area contributed by atoms with Gasteiger partial charge in [-0.15, -0.1) is 10.2 Å². The number of aromatic nitrogens is 6. The Hall–Kier alpha value is -2.77. The summed E-state index contributed by atoms with van der Waals surface area (Å²) in [5, 5.41) is 9.44. The third-order valence-electron chi connectivity index (χ3n) is 4.74. The molecule has 3 aromatic heterocycles. The highest BCUT2D eigenvalue weighted by Crippen LogP contribution is 2.31. The predicted octanol–water partition coefficient (Wildman–Crippen LogP) is 2.16. The van der Waals surface area contributed by atoms with Gasteiger partial charge < -0.3 is 15.2 Å². The molecule has 0 spiro atoms. The van der Waals surface area contributed by atoms with Crippen molar-refractivity contribution in [3.05, 3.63) is 30.6 Å². The van der Waals surface area contributed by atoms with Gasteiger partial charge in [-0.2, -0.15) is 0 Å². The average molecular weight is 338 g/mol. The first-order valence-corrected chi connectivity index (χ1v) is 8.65. The quantitative estimate of drug-likeness (QED) is 0.781. The molecular formula is C17H22N8. The van der Waals surface area contributed by atoms with Crippen molar-refractivity contribution >= 4 is 22.7 Å². The Bertz CT molecular complexity index is 887. The molecular weight excluding hydrogens is 316 g/mol. The zero-order valence-electron chi connectivity index (χ0n) is 14.5. The molecule has 0 saturated carbocycles. The fourth-order valence-electron chi connectivity index (χ4n) is 3.52. The van der Waals surface area contributed by atoms with E-state index in [1.807, 2.05) is 12.4 Å². The predicted molar refractivity (Wildman–Crippen MR) is 96.3 cm³/mol. The van der Waals surface area contributed by atoms with Gasteiger partial charge in [-0.05, 0) is 38.8 Å². The van der Waals surface area contributed by atoms with Crippen LogP contribution >= 0.6 is 0 Å². The van der Waals surface area contributed by atoms with E-state index in [-0.39, 0.29) is 0 Å². The van der Waals surface area contributed by atoms with Crippen LogP contribution in [0.3, 0.4) is 0 Å². The fraction of sp³-hybridized carbons (Fsp3) is 0.471. The zero-order chi connectivity index (χ0) is 17.4. The van der Waals surface area contributed by atoms with Gasteiger partial charge in [0.2, 0.25) is 0 Å². The minimum atomic E-state index is 0.338. The number of rotatable bonds is 3. The smallest absolute Gasteiger partial charge is 0.166 e. The molecule has 0 radical (unpaired) electrons. The Kier molecular flexibility index (Phi) is 3.95. The summed E-state index contributed by atoms with van der Waals surface area (Å²) in [4.78, 5) is 15.4. The summed E-state index contributed by atoms with van der Waals surface area (Å²) in [7, 11) is 0. The van der Waals surface area contributed by atoms with Crippen LogP contribution in [0.15, 0.2) is 24.8 Å². The molecule has 0 bridgehead atoms. The number of anilines is 2. The van der Waals surface area contributed by atoms with Crippen LogP contribution < -0.4 is 10.6 Å². The van der Waals surface area contributed by atoms with Gasteiger partial charge in [-0.3, -0.25) is 0 Å². The van der Waals surface area contributed by atoms with E-state index in [1.54, 1.807) is 12.4 Å². The molecule has 0 aromatic carbocycles. The Labute approximate surface area is 146 Å². The number of piperidine rings is 1. The Morgan fingerprint density at radius 1 is 1.24 bits per heavy atom. The molecule has 1 unspecified atom stereocenters. The standard InChI is InChI=1S/C17H22N8/c1-11(2)25-10-21-23-16(25)12-4-3-7-24(8-12)17-13-5-6-14(18)22-15(13)19-9-20-17/h5-6,9-12H,3-4,7-8H2,1-2H3,(H2,18,19,20,22). The molecule has 8 heteroatoms. The van der Waals surface area contributed by atoms with Gasteiger partial charge >= 0.3 is 0 Å². The summed E-state index contributed by atoms with van der Waals surface area (Å²) in [6.07, 6.45) is 5.58. The second kappa shape index (κ2) is 6.27. The maximum Gasteiger partial charge on any atom is 0.166 e. The van der Waals surface area contributed by atoms with E-state index in [4.69, 9.17) is 5.73 Å². The SMILES string of the molecule is CC(C)n1cnnc1C1CCCN(c2ncnc3nc(N)ccc23)C1. The topological polar surface area (TPSA) is 98.6 Å². The van der Waals surface area contributed by atoms with Crippen LogP contribution in [-0.2, 0) is 0 Å². The maximum atomic E-state index is 5.78. The van der Waals surface area contributed by atoms with E-state index < -0.39 is 0 Å². The number of nitrogen functional groups attached to an aromatic ring is 1. The number of hydrogen-bond acceptors (Lipinski definition) is 7. The van der Waals surface area contributed by atoms with Crippen LogP contribution in [0.2, 0.25) is 0 Å². The van der Waals surface area contributed by atoms with E-state index in [0.29, 0.717) is 23.4 Å². The van der Waals surface area contributed by atoms with Crippen LogP contribution in [-0.4, -0.2) is 42.8 Å². The largest absolute Gasteiger partial charge is 0.384 e. The monoisotopic (exact) mass is 338 g/mol. The summed E-state index contributed by atoms with van der Waals surface area (Å²) >= 11 is 0. The van der Waals surface area contributed by atoms with Crippen molar-refractivity contribution in [1.29, 1.82) is 0 Å². The summed E-state index contributed by atoms with van der Waals surface area (Å²) in [6, 6.07) is 4.10. The molecule has 1 atom stereocenters. The lowest BCUT2D eigenvalue weighted by Gasteiger charge is -2.33. The molecule has 1 saturated heterocycles. The van der Waals surface area contributed by atoms with E-state index in [0.717, 1.165) is 43.0 Å². The van der Waals surface area contributed by atoms with Gasteiger partial charge in [0, 0.05) is 25.0 Å². The van der Waals surface area contributed by atoms with Crippen LogP contribution in [0.25, 0.3) is 11.0 Å². The molecule has 8 nitrogen and oxygen atoms in total. The van der Waals surface area contributed by atoms with Gasteiger partial charge in [0.05, 0.1) is 5.39 Å². The Morgan fingerprint density at radius 3 is 2.96 bits per heavy atom. The Balaban J connectivity index is 1.67. The minimum absolute atomic E-state index is 0.338. The molecule has 2 N–H and O–H groups in total. The summed E-state index contributed by atoms with van der Waals surface area (Å²) < 4.78 is 2.16. The van der Waals surface area contributed by atoms with E-state index in [2.05, 4.69) is 48.5 Å². The highest BCUT2D eigenvalue weighted by molar-refractivity contribution is 5.87. The van der Waals surface area contributed by atoms with Crippen LogP contribution in [0.4, 0.5) is 11.6 Å². The van der Waals surface area contributed by atoms with Gasteiger partial charge in [-0.25, -0.2) is 15.0 Å². The molecule has 4 rings (SSSR count). The van der Waals surface area contributed by atoms with Crippen molar-refractivity contribution in [2.24, 2.45) is 0 Å². The van der Waals surface area contributed by atoms with E-state index in [9.17, 15) is 0 Å². The molecule has 3 aromatic rings. The van der Waals surface area contributed by atoms with Crippen LogP contribution in [0, 0.1) is 0 Å². The van der Waals surface area contributed by atoms with E-state index in [1.165, 1.54) is 0 Å². The molecule has 130 valence electrons. The molecule has 1 aliphatic rings. The average Bonchev–Trinajstić information content (AvgIpc) is 3.11. The number of nitrogens with two attached hydrogens (primary N) is 1. The van der Waals surface area contributed by atoms with Crippen molar-refractivity contribution < 1.29 is 0 Å². The molecule has 25 heavy (non-hydrogen) atoms. The third-order valence-corrected chi connectivity index (χ3v) is 4.74. The summed E-state index contributed by atoms with van der Waals surface area (Å²) in [6.45, 7) is 6.13. The first kappa shape index (κ1) is 15.7. The number of fused-ring (bicyclic) bond motifs is 1. The second-order valence-electron chi connectivity index (χ2n) is 6.78. The lowest BCUT2D eigenvalue weighted by molar-refractivity contribution is 0.453. The van der Waals surface area contributed by atoms with Crippen molar-refractivity contribution in [3.8, 4) is 0 Å². The van der Waals surface area contributed by atoms with Crippen molar-refractivity contribution in [2.75, 3.05) is 23.7 Å². The van der Waals surface area contributed by atoms with Gasteiger partial charge in [0.1, 0.15) is 30.1 Å². The van der Waals surface area contributed by atoms with E-state index >= 15 is 0 Å². The first-order valence-electron chi connectivity index (χ1n) is 8.65. The molecule has 1 aliphatic heterocycles. The summed E-state index contributed by atoms with van der Waals surface area (Å²) in [5.41, 5.74) is 6.42. The highest BCUT2D eigenvalue weighted by Gasteiger charge is 2.27. The summed E-state index contributed by atoms with van der Waals surface area (Å²) in [5.74, 6) is 2.78. The van der Waals surface area contributed by atoms with Crippen molar-refractivity contribution in [2.45, 2.75) is 38.6 Å². The number of pyridine rings is 1. The number of hydrogen-bond donors (Lipinski definition) is 1. The lowest BCUT2D eigenvalue weighted by atomic mass is 9.96. The molecule has 1 fully saturated rings.